The topological polar surface area (TPSA) is 59.1 Å². The number of aromatic nitrogens is 2. The largest absolute Gasteiger partial charge is 0.384 e. The zero-order valence-electron chi connectivity index (χ0n) is 16.1. The minimum absolute atomic E-state index is 0. The predicted molar refractivity (Wildman–Crippen MR) is 122 cm³/mol. The summed E-state index contributed by atoms with van der Waals surface area (Å²) in [5.74, 6) is 1.33. The van der Waals surface area contributed by atoms with Gasteiger partial charge >= 0.3 is 0 Å². The summed E-state index contributed by atoms with van der Waals surface area (Å²) < 4.78 is 5.13. The lowest BCUT2D eigenvalue weighted by molar-refractivity contribution is 0.202. The Kier molecular flexibility index (Phi) is 7.00. The van der Waals surface area contributed by atoms with Crippen molar-refractivity contribution < 1.29 is 4.74 Å². The first-order valence-electron chi connectivity index (χ1n) is 9.25. The zero-order valence-corrected chi connectivity index (χ0v) is 16.9. The number of fused-ring (bicyclic) bond motifs is 1. The maximum atomic E-state index is 5.13. The van der Waals surface area contributed by atoms with Crippen molar-refractivity contribution >= 4 is 46.5 Å². The molecule has 0 spiro atoms. The number of ether oxygens (including phenoxy) is 1. The molecule has 2 N–H and O–H groups in total. The lowest BCUT2D eigenvalue weighted by atomic mass is 10.1. The Morgan fingerprint density at radius 3 is 2.21 bits per heavy atom. The maximum absolute atomic E-state index is 5.13. The Balaban J connectivity index is 0.00000240. The van der Waals surface area contributed by atoms with E-state index in [1.54, 1.807) is 7.11 Å². The number of para-hydroxylation sites is 2. The molecule has 0 atom stereocenters. The Morgan fingerprint density at radius 2 is 1.45 bits per heavy atom. The van der Waals surface area contributed by atoms with Crippen LogP contribution in [0, 0.1) is 0 Å². The van der Waals surface area contributed by atoms with E-state index in [1.807, 2.05) is 66.7 Å². The van der Waals surface area contributed by atoms with Crippen molar-refractivity contribution in [3.8, 4) is 0 Å². The highest BCUT2D eigenvalue weighted by Gasteiger charge is 2.08. The van der Waals surface area contributed by atoms with E-state index in [0.717, 1.165) is 41.1 Å². The molecule has 148 valence electrons. The maximum Gasteiger partial charge on any atom is 0.229 e. The highest BCUT2D eigenvalue weighted by molar-refractivity contribution is 5.92. The van der Waals surface area contributed by atoms with Crippen molar-refractivity contribution in [3.05, 3.63) is 84.4 Å². The third kappa shape index (κ3) is 5.22. The van der Waals surface area contributed by atoms with Gasteiger partial charge in [0, 0.05) is 23.9 Å². The van der Waals surface area contributed by atoms with Crippen molar-refractivity contribution in [2.75, 3.05) is 24.4 Å². The average molecular weight is 407 g/mol. The molecular formula is C23H23ClN4O. The van der Waals surface area contributed by atoms with Crippen molar-refractivity contribution in [1.82, 2.24) is 9.97 Å². The number of benzene rings is 3. The van der Waals surface area contributed by atoms with Crippen LogP contribution in [-0.4, -0.2) is 23.7 Å². The van der Waals surface area contributed by atoms with Gasteiger partial charge in [-0.2, -0.15) is 4.98 Å². The number of halogens is 1. The number of hydrogen-bond acceptors (Lipinski definition) is 5. The van der Waals surface area contributed by atoms with Crippen LogP contribution < -0.4 is 10.6 Å². The fourth-order valence-corrected chi connectivity index (χ4v) is 2.99. The van der Waals surface area contributed by atoms with E-state index < -0.39 is 0 Å². The smallest absolute Gasteiger partial charge is 0.229 e. The lowest BCUT2D eigenvalue weighted by Crippen LogP contribution is -2.02. The van der Waals surface area contributed by atoms with E-state index >= 15 is 0 Å². The Bertz CT molecular complexity index is 1060. The van der Waals surface area contributed by atoms with Gasteiger partial charge in [0.15, 0.2) is 0 Å². The van der Waals surface area contributed by atoms with E-state index in [0.29, 0.717) is 5.95 Å². The molecule has 1 heterocycles. The van der Waals surface area contributed by atoms with Gasteiger partial charge in [0.1, 0.15) is 5.82 Å². The number of rotatable bonds is 7. The summed E-state index contributed by atoms with van der Waals surface area (Å²) in [7, 11) is 1.72. The number of nitrogens with zero attached hydrogens (tertiary/aromatic N) is 2. The van der Waals surface area contributed by atoms with E-state index in [-0.39, 0.29) is 12.4 Å². The molecule has 0 unspecified atom stereocenters. The first-order valence-corrected chi connectivity index (χ1v) is 9.25. The molecule has 29 heavy (non-hydrogen) atoms. The first kappa shape index (κ1) is 20.6. The molecular weight excluding hydrogens is 384 g/mol. The molecule has 4 rings (SSSR count). The molecule has 0 aliphatic carbocycles. The monoisotopic (exact) mass is 406 g/mol. The van der Waals surface area contributed by atoms with Crippen LogP contribution >= 0.6 is 12.4 Å². The fraction of sp³-hybridized carbons (Fsp3) is 0.130. The predicted octanol–water partition coefficient (Wildman–Crippen LogP) is 5.73. The van der Waals surface area contributed by atoms with Gasteiger partial charge < -0.3 is 15.4 Å². The van der Waals surface area contributed by atoms with Gasteiger partial charge in [0.2, 0.25) is 5.95 Å². The summed E-state index contributed by atoms with van der Waals surface area (Å²) in [5.41, 5.74) is 4.05. The van der Waals surface area contributed by atoms with Gasteiger partial charge in [-0.1, -0.05) is 42.5 Å². The minimum atomic E-state index is 0. The standard InChI is InChI=1S/C23H22N4O.ClH/c1-28-16-15-17-11-13-19(14-12-17)25-23-26-21-10-6-5-9-20(21)22(27-23)24-18-7-3-2-4-8-18;/h2-14H,15-16H2,1H3,(H2,24,25,26,27);1H. The van der Waals surface area contributed by atoms with Crippen LogP contribution in [0.2, 0.25) is 0 Å². The number of anilines is 4. The van der Waals surface area contributed by atoms with Crippen molar-refractivity contribution in [3.63, 3.8) is 0 Å². The van der Waals surface area contributed by atoms with Gasteiger partial charge in [-0.25, -0.2) is 4.98 Å². The Labute approximate surface area is 176 Å². The van der Waals surface area contributed by atoms with Crippen LogP contribution in [0.1, 0.15) is 5.56 Å². The van der Waals surface area contributed by atoms with Gasteiger partial charge in [-0.3, -0.25) is 0 Å². The Morgan fingerprint density at radius 1 is 0.759 bits per heavy atom. The summed E-state index contributed by atoms with van der Waals surface area (Å²) >= 11 is 0. The van der Waals surface area contributed by atoms with Crippen LogP contribution in [0.4, 0.5) is 23.1 Å². The molecule has 0 fully saturated rings. The van der Waals surface area contributed by atoms with E-state index in [4.69, 9.17) is 9.72 Å². The van der Waals surface area contributed by atoms with Gasteiger partial charge in [-0.15, -0.1) is 12.4 Å². The van der Waals surface area contributed by atoms with Crippen LogP contribution in [-0.2, 0) is 11.2 Å². The molecule has 0 radical (unpaired) electrons. The summed E-state index contributed by atoms with van der Waals surface area (Å²) in [4.78, 5) is 9.37. The van der Waals surface area contributed by atoms with E-state index in [9.17, 15) is 0 Å². The molecule has 4 aromatic rings. The fourth-order valence-electron chi connectivity index (χ4n) is 2.99. The van der Waals surface area contributed by atoms with Gasteiger partial charge in [0.05, 0.1) is 12.1 Å². The van der Waals surface area contributed by atoms with Crippen molar-refractivity contribution in [2.45, 2.75) is 6.42 Å². The molecule has 5 nitrogen and oxygen atoms in total. The van der Waals surface area contributed by atoms with Gasteiger partial charge in [0.25, 0.3) is 0 Å². The van der Waals surface area contributed by atoms with Crippen LogP contribution in [0.3, 0.4) is 0 Å². The van der Waals surface area contributed by atoms with Crippen LogP contribution in [0.25, 0.3) is 10.9 Å². The highest BCUT2D eigenvalue weighted by atomic mass is 35.5. The Hall–Kier alpha value is -3.15. The summed E-state index contributed by atoms with van der Waals surface area (Å²) in [5, 5.41) is 7.69. The second kappa shape index (κ2) is 9.87. The molecule has 0 amide bonds. The molecule has 6 heteroatoms. The van der Waals surface area contributed by atoms with Crippen LogP contribution in [0.15, 0.2) is 78.9 Å². The molecule has 0 aliphatic heterocycles. The quantitative estimate of drug-likeness (QED) is 0.410. The van der Waals surface area contributed by atoms with Crippen LogP contribution in [0.5, 0.6) is 0 Å². The second-order valence-electron chi connectivity index (χ2n) is 6.47. The zero-order chi connectivity index (χ0) is 19.2. The second-order valence-corrected chi connectivity index (χ2v) is 6.47. The normalized spacial score (nSPS) is 10.4. The van der Waals surface area contributed by atoms with Crippen molar-refractivity contribution in [2.24, 2.45) is 0 Å². The summed E-state index contributed by atoms with van der Waals surface area (Å²) in [6.07, 6.45) is 0.897. The number of hydrogen-bond donors (Lipinski definition) is 2. The molecule has 1 aromatic heterocycles. The van der Waals surface area contributed by atoms with E-state index in [1.165, 1.54) is 5.56 Å². The third-order valence-corrected chi connectivity index (χ3v) is 4.44. The van der Waals surface area contributed by atoms with Gasteiger partial charge in [-0.05, 0) is 48.4 Å². The molecule has 0 aliphatic rings. The first-order chi connectivity index (χ1) is 13.8. The lowest BCUT2D eigenvalue weighted by Gasteiger charge is -2.12. The molecule has 3 aromatic carbocycles. The molecule has 0 bridgehead atoms. The molecule has 0 saturated heterocycles. The molecule has 0 saturated carbocycles. The highest BCUT2D eigenvalue weighted by Crippen LogP contribution is 2.26. The summed E-state index contributed by atoms with van der Waals surface area (Å²) in [6.45, 7) is 0.717. The minimum Gasteiger partial charge on any atom is -0.384 e. The average Bonchev–Trinajstić information content (AvgIpc) is 2.74. The van der Waals surface area contributed by atoms with Crippen molar-refractivity contribution in [1.29, 1.82) is 0 Å². The summed E-state index contributed by atoms with van der Waals surface area (Å²) in [6, 6.07) is 26.3. The number of methoxy groups -OCH3 is 1. The third-order valence-electron chi connectivity index (χ3n) is 4.44. The SMILES string of the molecule is COCCc1ccc(Nc2nc(Nc3ccccc3)c3ccccc3n2)cc1.Cl. The van der Waals surface area contributed by atoms with E-state index in [2.05, 4.69) is 27.8 Å². The number of nitrogens with one attached hydrogen (secondary N) is 2.